The number of piperidine rings is 1. The summed E-state index contributed by atoms with van der Waals surface area (Å²) in [4.78, 5) is 25.1. The smallest absolute Gasteiger partial charge is 0.222 e. The normalized spacial score (nSPS) is 25.7. The first-order valence-electron chi connectivity index (χ1n) is 7.78. The molecule has 2 aliphatic rings. The monoisotopic (exact) mass is 302 g/mol. The molecule has 2 fully saturated rings. The molecule has 0 bridgehead atoms. The average Bonchev–Trinajstić information content (AvgIpc) is 3.01. The van der Waals surface area contributed by atoms with Crippen LogP contribution in [-0.2, 0) is 4.79 Å². The van der Waals surface area contributed by atoms with Crippen LogP contribution in [0, 0.1) is 5.92 Å². The number of amides is 1. The number of Topliss-reactive ketones (excluding diaryl/α,β-unsaturated/α-hetero) is 1. The van der Waals surface area contributed by atoms with Gasteiger partial charge in [0.15, 0.2) is 5.78 Å². The number of nitrogens with zero attached hydrogens (tertiary/aromatic N) is 1. The van der Waals surface area contributed by atoms with Gasteiger partial charge in [-0.15, -0.1) is 0 Å². The van der Waals surface area contributed by atoms with Gasteiger partial charge >= 0.3 is 0 Å². The molecule has 1 saturated carbocycles. The molecule has 1 aliphatic heterocycles. The Morgan fingerprint density at radius 3 is 2.68 bits per heavy atom. The van der Waals surface area contributed by atoms with Gasteiger partial charge in [-0.25, -0.2) is 0 Å². The summed E-state index contributed by atoms with van der Waals surface area (Å²) in [6, 6.07) is 7.06. The molecule has 1 aromatic rings. The van der Waals surface area contributed by atoms with Gasteiger partial charge in [0.1, 0.15) is 5.75 Å². The zero-order chi connectivity index (χ0) is 15.7. The van der Waals surface area contributed by atoms with Crippen LogP contribution in [0.5, 0.6) is 5.75 Å². The van der Waals surface area contributed by atoms with Crippen LogP contribution in [0.4, 0.5) is 0 Å². The summed E-state index contributed by atoms with van der Waals surface area (Å²) >= 11 is 0. The number of rotatable bonds is 6. The lowest BCUT2D eigenvalue weighted by Gasteiger charge is -2.19. The Morgan fingerprint density at radius 2 is 2.09 bits per heavy atom. The summed E-state index contributed by atoms with van der Waals surface area (Å²) in [6.07, 6.45) is 2.25. The second kappa shape index (κ2) is 5.72. The third-order valence-electron chi connectivity index (χ3n) is 4.62. The summed E-state index contributed by atoms with van der Waals surface area (Å²) in [5.74, 6) is 1.46. The van der Waals surface area contributed by atoms with Crippen LogP contribution in [-0.4, -0.2) is 41.8 Å². The SMILES string of the molecule is CC(=O)c1ccc(OCCCC(=O)N2C[C@@H]3C[C@]3(N)C2)cc1. The Hall–Kier alpha value is -1.88. The third-order valence-corrected chi connectivity index (χ3v) is 4.62. The zero-order valence-corrected chi connectivity index (χ0v) is 12.9. The molecule has 1 heterocycles. The zero-order valence-electron chi connectivity index (χ0n) is 12.9. The highest BCUT2D eigenvalue weighted by atomic mass is 16.5. The number of hydrogen-bond donors (Lipinski definition) is 1. The second-order valence-electron chi connectivity index (χ2n) is 6.44. The predicted molar refractivity (Wildman–Crippen MR) is 82.8 cm³/mol. The number of fused-ring (bicyclic) bond motifs is 1. The number of likely N-dealkylation sites (tertiary alicyclic amines) is 1. The number of carbonyl (C=O) groups is 2. The van der Waals surface area contributed by atoms with E-state index < -0.39 is 0 Å². The van der Waals surface area contributed by atoms with Crippen molar-refractivity contribution in [3.8, 4) is 5.75 Å². The number of ether oxygens (including phenoxy) is 1. The van der Waals surface area contributed by atoms with E-state index in [1.807, 2.05) is 4.90 Å². The van der Waals surface area contributed by atoms with Gasteiger partial charge in [0.05, 0.1) is 6.61 Å². The van der Waals surface area contributed by atoms with Gasteiger partial charge in [-0.2, -0.15) is 0 Å². The van der Waals surface area contributed by atoms with E-state index in [4.69, 9.17) is 10.5 Å². The van der Waals surface area contributed by atoms with Crippen molar-refractivity contribution >= 4 is 11.7 Å². The molecular weight excluding hydrogens is 280 g/mol. The maximum absolute atomic E-state index is 12.1. The molecule has 5 nitrogen and oxygen atoms in total. The Kier molecular flexibility index (Phi) is 3.91. The first-order chi connectivity index (χ1) is 10.5. The molecule has 5 heteroatoms. The highest BCUT2D eigenvalue weighted by Crippen LogP contribution is 2.47. The first-order valence-corrected chi connectivity index (χ1v) is 7.78. The largest absolute Gasteiger partial charge is 0.494 e. The van der Waals surface area contributed by atoms with Crippen LogP contribution in [0.3, 0.4) is 0 Å². The van der Waals surface area contributed by atoms with Crippen LogP contribution in [0.1, 0.15) is 36.5 Å². The molecule has 1 aromatic carbocycles. The Balaban J connectivity index is 1.37. The van der Waals surface area contributed by atoms with Gasteiger partial charge in [0.2, 0.25) is 5.91 Å². The van der Waals surface area contributed by atoms with Gasteiger partial charge in [-0.05, 0) is 49.9 Å². The van der Waals surface area contributed by atoms with E-state index in [-0.39, 0.29) is 17.2 Å². The summed E-state index contributed by atoms with van der Waals surface area (Å²) in [6.45, 7) is 3.57. The van der Waals surface area contributed by atoms with E-state index in [1.54, 1.807) is 24.3 Å². The lowest BCUT2D eigenvalue weighted by atomic mass is 10.1. The number of ketones is 1. The van der Waals surface area contributed by atoms with Crippen molar-refractivity contribution in [1.29, 1.82) is 0 Å². The average molecular weight is 302 g/mol. The van der Waals surface area contributed by atoms with E-state index in [0.29, 0.717) is 37.5 Å². The predicted octanol–water partition coefficient (Wildman–Crippen LogP) is 1.61. The van der Waals surface area contributed by atoms with Gasteiger partial charge in [-0.1, -0.05) is 0 Å². The standard InChI is InChI=1S/C17H22N2O3/c1-12(20)13-4-6-15(7-5-13)22-8-2-3-16(21)19-10-14-9-17(14,18)11-19/h4-7,14H,2-3,8-11,18H2,1H3/t14-,17-/m0/s1. The lowest BCUT2D eigenvalue weighted by molar-refractivity contribution is -0.130. The third kappa shape index (κ3) is 3.14. The maximum Gasteiger partial charge on any atom is 0.222 e. The minimum atomic E-state index is -0.0788. The summed E-state index contributed by atoms with van der Waals surface area (Å²) in [7, 11) is 0. The molecule has 0 radical (unpaired) electrons. The van der Waals surface area contributed by atoms with Crippen molar-refractivity contribution in [3.05, 3.63) is 29.8 Å². The van der Waals surface area contributed by atoms with Crippen LogP contribution in [0.25, 0.3) is 0 Å². The van der Waals surface area contributed by atoms with Crippen molar-refractivity contribution in [2.24, 2.45) is 11.7 Å². The summed E-state index contributed by atoms with van der Waals surface area (Å²) in [5, 5.41) is 0. The fraction of sp³-hybridized carbons (Fsp3) is 0.529. The molecule has 2 N–H and O–H groups in total. The van der Waals surface area contributed by atoms with Crippen molar-refractivity contribution in [2.75, 3.05) is 19.7 Å². The molecule has 1 amide bonds. The van der Waals surface area contributed by atoms with E-state index >= 15 is 0 Å². The quantitative estimate of drug-likeness (QED) is 0.640. The van der Waals surface area contributed by atoms with E-state index in [9.17, 15) is 9.59 Å². The number of nitrogens with two attached hydrogens (primary N) is 1. The van der Waals surface area contributed by atoms with Crippen LogP contribution < -0.4 is 10.5 Å². The van der Waals surface area contributed by atoms with Gasteiger partial charge in [0, 0.05) is 30.6 Å². The Labute approximate surface area is 130 Å². The highest BCUT2D eigenvalue weighted by Gasteiger charge is 2.57. The van der Waals surface area contributed by atoms with E-state index in [2.05, 4.69) is 0 Å². The lowest BCUT2D eigenvalue weighted by Crippen LogP contribution is -2.37. The number of carbonyl (C=O) groups excluding carboxylic acids is 2. The van der Waals surface area contributed by atoms with Gasteiger partial charge < -0.3 is 15.4 Å². The summed E-state index contributed by atoms with van der Waals surface area (Å²) in [5.41, 5.74) is 6.70. The molecule has 0 unspecified atom stereocenters. The van der Waals surface area contributed by atoms with Gasteiger partial charge in [0.25, 0.3) is 0 Å². The van der Waals surface area contributed by atoms with Crippen molar-refractivity contribution < 1.29 is 14.3 Å². The number of benzene rings is 1. The summed E-state index contributed by atoms with van der Waals surface area (Å²) < 4.78 is 5.60. The van der Waals surface area contributed by atoms with Crippen LogP contribution >= 0.6 is 0 Å². The van der Waals surface area contributed by atoms with Crippen LogP contribution in [0.2, 0.25) is 0 Å². The first kappa shape index (κ1) is 15.0. The van der Waals surface area contributed by atoms with Gasteiger partial charge in [-0.3, -0.25) is 9.59 Å². The van der Waals surface area contributed by atoms with E-state index in [1.165, 1.54) is 6.92 Å². The molecule has 3 rings (SSSR count). The van der Waals surface area contributed by atoms with Crippen LogP contribution in [0.15, 0.2) is 24.3 Å². The topological polar surface area (TPSA) is 72.6 Å². The molecule has 22 heavy (non-hydrogen) atoms. The fourth-order valence-corrected chi connectivity index (χ4v) is 3.07. The molecule has 0 aromatic heterocycles. The highest BCUT2D eigenvalue weighted by molar-refractivity contribution is 5.94. The van der Waals surface area contributed by atoms with E-state index in [0.717, 1.165) is 18.7 Å². The molecule has 2 atom stereocenters. The second-order valence-corrected chi connectivity index (χ2v) is 6.44. The molecule has 1 aliphatic carbocycles. The van der Waals surface area contributed by atoms with Crippen molar-refractivity contribution in [1.82, 2.24) is 4.90 Å². The minimum Gasteiger partial charge on any atom is -0.494 e. The van der Waals surface area contributed by atoms with Crippen molar-refractivity contribution in [3.63, 3.8) is 0 Å². The van der Waals surface area contributed by atoms with Crippen molar-refractivity contribution in [2.45, 2.75) is 31.7 Å². The molecule has 0 spiro atoms. The Bertz CT molecular complexity index is 584. The Morgan fingerprint density at radius 1 is 1.36 bits per heavy atom. The molecule has 118 valence electrons. The molecule has 1 saturated heterocycles. The molecular formula is C17H22N2O3. The minimum absolute atomic E-state index is 0.0403. The number of hydrogen-bond acceptors (Lipinski definition) is 4. The maximum atomic E-state index is 12.1. The fourth-order valence-electron chi connectivity index (χ4n) is 3.07.